The van der Waals surface area contributed by atoms with Crippen LogP contribution in [0.2, 0.25) is 0 Å². The fraction of sp³-hybridized carbons (Fsp3) is 0.526. The molecular formula is C19H25N5O4. The lowest BCUT2D eigenvalue weighted by atomic mass is 10.1. The molecule has 0 aromatic heterocycles. The first-order valence-corrected chi connectivity index (χ1v) is 9.48. The van der Waals surface area contributed by atoms with Crippen LogP contribution < -0.4 is 9.64 Å². The normalized spacial score (nSPS) is 23.9. The summed E-state index contributed by atoms with van der Waals surface area (Å²) in [5.74, 6) is 1.34. The summed E-state index contributed by atoms with van der Waals surface area (Å²) in [6.07, 6.45) is -0.501. The Bertz CT molecular complexity index is 796. The van der Waals surface area contributed by atoms with E-state index in [-0.39, 0.29) is 18.5 Å². The van der Waals surface area contributed by atoms with Crippen LogP contribution in [0.15, 0.2) is 29.3 Å². The molecule has 2 saturated heterocycles. The molecule has 0 N–H and O–H groups in total. The van der Waals surface area contributed by atoms with Crippen molar-refractivity contribution in [1.82, 2.24) is 14.7 Å². The van der Waals surface area contributed by atoms with Gasteiger partial charge in [0.05, 0.1) is 19.8 Å². The van der Waals surface area contributed by atoms with Crippen molar-refractivity contribution in [1.29, 1.82) is 0 Å². The second-order valence-electron chi connectivity index (χ2n) is 6.94. The Morgan fingerprint density at radius 2 is 1.93 bits per heavy atom. The molecule has 9 heteroatoms. The van der Waals surface area contributed by atoms with Crippen LogP contribution in [0, 0.1) is 0 Å². The molecule has 2 unspecified atom stereocenters. The minimum atomic E-state index is -0.501. The first-order chi connectivity index (χ1) is 13.6. The lowest BCUT2D eigenvalue weighted by Crippen LogP contribution is -2.65. The molecular weight excluding hydrogens is 362 g/mol. The number of rotatable bonds is 6. The number of methoxy groups -OCH3 is 1. The van der Waals surface area contributed by atoms with Gasteiger partial charge in [0.2, 0.25) is 5.96 Å². The third-order valence-corrected chi connectivity index (χ3v) is 5.36. The van der Waals surface area contributed by atoms with E-state index in [4.69, 9.17) is 14.5 Å². The Hall–Kier alpha value is -2.81. The Kier molecular flexibility index (Phi) is 4.84. The second kappa shape index (κ2) is 7.31. The van der Waals surface area contributed by atoms with Gasteiger partial charge in [-0.1, -0.05) is 0 Å². The van der Waals surface area contributed by atoms with Crippen LogP contribution in [0.5, 0.6) is 5.75 Å². The van der Waals surface area contributed by atoms with Crippen LogP contribution in [-0.4, -0.2) is 91.8 Å². The number of imide groups is 1. The number of fused-ring (bicyclic) bond motifs is 3. The summed E-state index contributed by atoms with van der Waals surface area (Å²) in [5, 5.41) is 0. The van der Waals surface area contributed by atoms with Crippen molar-refractivity contribution in [2.45, 2.75) is 19.1 Å². The predicted molar refractivity (Wildman–Crippen MR) is 103 cm³/mol. The predicted octanol–water partition coefficient (Wildman–Crippen LogP) is 0.812. The van der Waals surface area contributed by atoms with E-state index in [1.807, 2.05) is 36.1 Å². The molecule has 9 nitrogen and oxygen atoms in total. The Morgan fingerprint density at radius 3 is 2.61 bits per heavy atom. The maximum atomic E-state index is 13.0. The molecule has 150 valence electrons. The summed E-state index contributed by atoms with van der Waals surface area (Å²) in [5.41, 5.74) is 0.987. The van der Waals surface area contributed by atoms with Gasteiger partial charge in [0.25, 0.3) is 5.91 Å². The molecule has 3 heterocycles. The number of hydrogen-bond acceptors (Lipinski definition) is 7. The molecule has 0 radical (unpaired) electrons. The fourth-order valence-electron chi connectivity index (χ4n) is 3.96. The summed E-state index contributed by atoms with van der Waals surface area (Å²) in [7, 11) is 3.25. The Morgan fingerprint density at radius 1 is 1.18 bits per heavy atom. The zero-order chi connectivity index (χ0) is 19.8. The minimum absolute atomic E-state index is 0.211. The molecule has 0 aliphatic carbocycles. The van der Waals surface area contributed by atoms with Crippen LogP contribution in [0.3, 0.4) is 0 Å². The molecule has 3 aliphatic heterocycles. The maximum absolute atomic E-state index is 13.0. The van der Waals surface area contributed by atoms with E-state index >= 15 is 0 Å². The van der Waals surface area contributed by atoms with Crippen LogP contribution in [-0.2, 0) is 9.53 Å². The number of carbonyl (C=O) groups is 2. The van der Waals surface area contributed by atoms with Gasteiger partial charge in [0, 0.05) is 32.9 Å². The van der Waals surface area contributed by atoms with E-state index in [9.17, 15) is 9.59 Å². The first kappa shape index (κ1) is 18.5. The van der Waals surface area contributed by atoms with Crippen molar-refractivity contribution in [3.63, 3.8) is 0 Å². The van der Waals surface area contributed by atoms with Crippen LogP contribution in [0.4, 0.5) is 10.5 Å². The third-order valence-electron chi connectivity index (χ3n) is 5.36. The zero-order valence-corrected chi connectivity index (χ0v) is 16.4. The summed E-state index contributed by atoms with van der Waals surface area (Å²) in [6.45, 7) is 4.54. The van der Waals surface area contributed by atoms with Gasteiger partial charge in [-0.3, -0.25) is 9.69 Å². The lowest BCUT2D eigenvalue weighted by molar-refractivity contribution is -0.137. The first-order valence-electron chi connectivity index (χ1n) is 9.48. The van der Waals surface area contributed by atoms with Crippen molar-refractivity contribution in [2.24, 2.45) is 4.99 Å². The number of amides is 3. The molecule has 1 aromatic rings. The van der Waals surface area contributed by atoms with E-state index in [1.165, 1.54) is 4.90 Å². The number of anilines is 1. The monoisotopic (exact) mass is 387 g/mol. The number of guanidine groups is 1. The van der Waals surface area contributed by atoms with Crippen LogP contribution in [0.25, 0.3) is 0 Å². The van der Waals surface area contributed by atoms with Gasteiger partial charge in [0.15, 0.2) is 12.2 Å². The van der Waals surface area contributed by atoms with Crippen molar-refractivity contribution < 1.29 is 19.1 Å². The van der Waals surface area contributed by atoms with E-state index in [0.29, 0.717) is 19.8 Å². The molecule has 0 bridgehead atoms. The van der Waals surface area contributed by atoms with Gasteiger partial charge in [-0.2, -0.15) is 0 Å². The number of nitrogens with zero attached hydrogens (tertiary/aromatic N) is 5. The topological polar surface area (TPSA) is 77.9 Å². The van der Waals surface area contributed by atoms with Gasteiger partial charge in [-0.15, -0.1) is 0 Å². The SMILES string of the molecule is CCOc1ccc(N2CCN3C2=NC2C3C(=O)N(CCOC)C(=O)N2C)cc1. The number of aliphatic imine (C=N–C) groups is 1. The van der Waals surface area contributed by atoms with Crippen LogP contribution >= 0.6 is 0 Å². The number of urea groups is 1. The van der Waals surface area contributed by atoms with Crippen molar-refractivity contribution in [3.8, 4) is 5.75 Å². The second-order valence-corrected chi connectivity index (χ2v) is 6.94. The molecule has 28 heavy (non-hydrogen) atoms. The summed E-state index contributed by atoms with van der Waals surface area (Å²) < 4.78 is 10.6. The molecule has 2 fully saturated rings. The van der Waals surface area contributed by atoms with Gasteiger partial charge in [-0.05, 0) is 31.2 Å². The van der Waals surface area contributed by atoms with Gasteiger partial charge < -0.3 is 24.2 Å². The van der Waals surface area contributed by atoms with Crippen molar-refractivity contribution in [3.05, 3.63) is 24.3 Å². The quantitative estimate of drug-likeness (QED) is 0.719. The molecule has 3 aliphatic rings. The largest absolute Gasteiger partial charge is 0.494 e. The average molecular weight is 387 g/mol. The van der Waals surface area contributed by atoms with Gasteiger partial charge in [0.1, 0.15) is 5.75 Å². The lowest BCUT2D eigenvalue weighted by Gasteiger charge is -2.40. The molecule has 1 aromatic carbocycles. The molecule has 3 amide bonds. The van der Waals surface area contributed by atoms with Crippen LogP contribution in [0.1, 0.15) is 6.92 Å². The molecule has 2 atom stereocenters. The highest BCUT2D eigenvalue weighted by atomic mass is 16.5. The molecule has 0 saturated carbocycles. The number of carbonyl (C=O) groups excluding carboxylic acids is 2. The highest BCUT2D eigenvalue weighted by molar-refractivity contribution is 6.08. The number of ether oxygens (including phenoxy) is 2. The van der Waals surface area contributed by atoms with E-state index in [1.54, 1.807) is 19.1 Å². The zero-order valence-electron chi connectivity index (χ0n) is 16.4. The van der Waals surface area contributed by atoms with E-state index < -0.39 is 12.2 Å². The Labute approximate surface area is 164 Å². The molecule has 0 spiro atoms. The summed E-state index contributed by atoms with van der Waals surface area (Å²) in [6, 6.07) is 7.01. The van der Waals surface area contributed by atoms with Gasteiger partial charge >= 0.3 is 6.03 Å². The standard InChI is InChI=1S/C19H25N5O4/c1-4-28-14-7-5-13(6-8-14)22-9-10-23-15-16(20-18(22)23)21(2)19(26)24(17(15)25)11-12-27-3/h5-8,15-16H,4,9-12H2,1-3H3. The smallest absolute Gasteiger partial charge is 0.328 e. The summed E-state index contributed by atoms with van der Waals surface area (Å²) in [4.78, 5) is 37.3. The highest BCUT2D eigenvalue weighted by Crippen LogP contribution is 2.33. The summed E-state index contributed by atoms with van der Waals surface area (Å²) >= 11 is 0. The molecule has 4 rings (SSSR count). The van der Waals surface area contributed by atoms with Crippen molar-refractivity contribution >= 4 is 23.6 Å². The Balaban J connectivity index is 1.58. The third kappa shape index (κ3) is 2.86. The fourth-order valence-corrected chi connectivity index (χ4v) is 3.96. The minimum Gasteiger partial charge on any atom is -0.494 e. The number of likely N-dealkylation sites (N-methyl/N-ethyl adjacent to an activating group) is 1. The highest BCUT2D eigenvalue weighted by Gasteiger charge is 2.54. The maximum Gasteiger partial charge on any atom is 0.328 e. The van der Waals surface area contributed by atoms with E-state index in [2.05, 4.69) is 4.90 Å². The number of hydrogen-bond donors (Lipinski definition) is 0. The number of benzene rings is 1. The van der Waals surface area contributed by atoms with E-state index in [0.717, 1.165) is 23.9 Å². The van der Waals surface area contributed by atoms with Gasteiger partial charge in [-0.25, -0.2) is 9.79 Å². The average Bonchev–Trinajstić information content (AvgIpc) is 3.27. The van der Waals surface area contributed by atoms with Crippen molar-refractivity contribution in [2.75, 3.05) is 51.9 Å².